The second-order valence-corrected chi connectivity index (χ2v) is 4.64. The van der Waals surface area contributed by atoms with Gasteiger partial charge in [0.15, 0.2) is 0 Å². The van der Waals surface area contributed by atoms with E-state index >= 15 is 0 Å². The summed E-state index contributed by atoms with van der Waals surface area (Å²) >= 11 is 3.05. The summed E-state index contributed by atoms with van der Waals surface area (Å²) in [5, 5.41) is 21.9. The first-order valence-corrected chi connectivity index (χ1v) is 6.25. The van der Waals surface area contributed by atoms with Crippen LogP contribution in [0.2, 0.25) is 0 Å². The highest BCUT2D eigenvalue weighted by Gasteiger charge is 2.12. The largest absolute Gasteiger partial charge is 0.507 e. The molecule has 0 aliphatic carbocycles. The maximum absolute atomic E-state index is 9.71. The predicted octanol–water partition coefficient (Wildman–Crippen LogP) is 2.82. The summed E-state index contributed by atoms with van der Waals surface area (Å²) < 4.78 is 1.06. The average molecular weight is 226 g/mol. The van der Waals surface area contributed by atoms with Gasteiger partial charge in [0.1, 0.15) is 5.75 Å². The molecule has 0 radical (unpaired) electrons. The lowest BCUT2D eigenvalue weighted by Crippen LogP contribution is -1.88. The quantitative estimate of drug-likeness (QED) is 0.774. The summed E-state index contributed by atoms with van der Waals surface area (Å²) in [4.78, 5) is 0.780. The van der Waals surface area contributed by atoms with Gasteiger partial charge in [0, 0.05) is 10.3 Å². The Morgan fingerprint density at radius 1 is 1.50 bits per heavy atom. The zero-order valence-corrected chi connectivity index (χ0v) is 9.28. The number of aromatic hydroxyl groups is 1. The molecule has 0 spiro atoms. The third-order valence-electron chi connectivity index (χ3n) is 2.13. The van der Waals surface area contributed by atoms with Crippen molar-refractivity contribution >= 4 is 33.2 Å². The highest BCUT2D eigenvalue weighted by molar-refractivity contribution is 7.98. The second-order valence-electron chi connectivity index (χ2n) is 2.90. The number of hydrogen-bond acceptors (Lipinski definition) is 4. The molecule has 2 aromatic rings. The zero-order valence-electron chi connectivity index (χ0n) is 7.65. The fourth-order valence-electron chi connectivity index (χ4n) is 1.52. The number of phenolic OH excluding ortho intramolecular Hbond substituents is 1. The molecule has 4 heteroatoms. The molecular formula is C10H10O2S2. The highest BCUT2D eigenvalue weighted by atomic mass is 32.2. The first-order chi connectivity index (χ1) is 6.77. The van der Waals surface area contributed by atoms with Gasteiger partial charge < -0.3 is 10.2 Å². The Morgan fingerprint density at radius 2 is 2.29 bits per heavy atom. The molecule has 0 saturated carbocycles. The summed E-state index contributed by atoms with van der Waals surface area (Å²) in [6, 6.07) is 3.69. The smallest absolute Gasteiger partial charge is 0.130 e. The molecule has 0 fully saturated rings. The van der Waals surface area contributed by atoms with Crippen molar-refractivity contribution in [2.75, 3.05) is 6.26 Å². The van der Waals surface area contributed by atoms with Crippen LogP contribution >= 0.6 is 23.1 Å². The van der Waals surface area contributed by atoms with E-state index in [4.69, 9.17) is 0 Å². The van der Waals surface area contributed by atoms with E-state index in [9.17, 15) is 10.2 Å². The van der Waals surface area contributed by atoms with Crippen molar-refractivity contribution in [3.63, 3.8) is 0 Å². The number of aliphatic hydroxyl groups excluding tert-OH is 1. The Balaban J connectivity index is 2.82. The molecule has 74 valence electrons. The van der Waals surface area contributed by atoms with Gasteiger partial charge in [0.2, 0.25) is 0 Å². The molecule has 0 saturated heterocycles. The molecule has 2 rings (SSSR count). The molecule has 0 atom stereocenters. The Kier molecular flexibility index (Phi) is 2.67. The Labute approximate surface area is 90.2 Å². The minimum atomic E-state index is -0.0262. The van der Waals surface area contributed by atoms with Crippen LogP contribution in [0.15, 0.2) is 22.4 Å². The van der Waals surface area contributed by atoms with Gasteiger partial charge in [-0.1, -0.05) is 0 Å². The molecule has 2 nitrogen and oxygen atoms in total. The minimum absolute atomic E-state index is 0.0262. The summed E-state index contributed by atoms with van der Waals surface area (Å²) in [6.07, 6.45) is 1.90. The zero-order chi connectivity index (χ0) is 10.1. The Morgan fingerprint density at radius 3 is 2.93 bits per heavy atom. The van der Waals surface area contributed by atoms with Gasteiger partial charge in [-0.05, 0) is 29.2 Å². The molecule has 1 aromatic carbocycles. The van der Waals surface area contributed by atoms with Gasteiger partial charge in [0.05, 0.1) is 11.5 Å². The lowest BCUT2D eigenvalue weighted by atomic mass is 10.1. The van der Waals surface area contributed by atoms with Crippen LogP contribution in [0.4, 0.5) is 0 Å². The summed E-state index contributed by atoms with van der Waals surface area (Å²) in [5.41, 5.74) is 0.836. The van der Waals surface area contributed by atoms with Crippen molar-refractivity contribution in [3.05, 3.63) is 23.1 Å². The van der Waals surface area contributed by atoms with Crippen molar-refractivity contribution in [2.45, 2.75) is 11.5 Å². The molecular weight excluding hydrogens is 216 g/mol. The van der Waals surface area contributed by atoms with E-state index in [1.807, 2.05) is 17.7 Å². The van der Waals surface area contributed by atoms with E-state index in [0.29, 0.717) is 0 Å². The van der Waals surface area contributed by atoms with E-state index in [1.165, 1.54) is 11.8 Å². The van der Waals surface area contributed by atoms with Gasteiger partial charge in [-0.25, -0.2) is 0 Å². The number of fused-ring (bicyclic) bond motifs is 1. The van der Waals surface area contributed by atoms with Gasteiger partial charge in [-0.3, -0.25) is 0 Å². The van der Waals surface area contributed by atoms with Crippen LogP contribution in [0, 0.1) is 0 Å². The van der Waals surface area contributed by atoms with E-state index < -0.39 is 0 Å². The molecule has 2 N–H and O–H groups in total. The Bertz CT molecular complexity index is 462. The van der Waals surface area contributed by atoms with Crippen LogP contribution in [0.25, 0.3) is 10.1 Å². The first-order valence-electron chi connectivity index (χ1n) is 4.14. The van der Waals surface area contributed by atoms with E-state index in [2.05, 4.69) is 0 Å². The number of thioether (sulfide) groups is 1. The second kappa shape index (κ2) is 3.81. The third-order valence-corrected chi connectivity index (χ3v) is 3.98. The monoisotopic (exact) mass is 226 g/mol. The topological polar surface area (TPSA) is 40.5 Å². The first kappa shape index (κ1) is 9.83. The lowest BCUT2D eigenvalue weighted by molar-refractivity contribution is 0.279. The number of benzene rings is 1. The predicted molar refractivity (Wildman–Crippen MR) is 61.2 cm³/mol. The third kappa shape index (κ3) is 1.39. The van der Waals surface area contributed by atoms with Crippen molar-refractivity contribution in [3.8, 4) is 5.75 Å². The van der Waals surface area contributed by atoms with Crippen LogP contribution in [-0.4, -0.2) is 16.5 Å². The number of thiophene rings is 1. The normalized spacial score (nSPS) is 11.0. The van der Waals surface area contributed by atoms with E-state index in [-0.39, 0.29) is 12.4 Å². The van der Waals surface area contributed by atoms with Crippen molar-refractivity contribution < 1.29 is 10.2 Å². The number of rotatable bonds is 2. The fourth-order valence-corrected chi connectivity index (χ4v) is 3.19. The maximum Gasteiger partial charge on any atom is 0.130 e. The van der Waals surface area contributed by atoms with Crippen LogP contribution in [0.3, 0.4) is 0 Å². The van der Waals surface area contributed by atoms with Crippen LogP contribution in [0.1, 0.15) is 5.56 Å². The molecule has 1 heterocycles. The van der Waals surface area contributed by atoms with Crippen LogP contribution < -0.4 is 0 Å². The molecule has 14 heavy (non-hydrogen) atoms. The average Bonchev–Trinajstić information content (AvgIpc) is 2.62. The number of aliphatic hydroxyl groups is 1. The highest BCUT2D eigenvalue weighted by Crippen LogP contribution is 2.38. The number of hydrogen-bond donors (Lipinski definition) is 2. The standard InChI is InChI=1S/C10H10O2S2/c1-13-10-7(5-11)9-6(2-3-14-9)4-8(10)12/h2-4,11-12H,5H2,1H3. The molecule has 0 unspecified atom stereocenters. The van der Waals surface area contributed by atoms with Gasteiger partial charge in [0.25, 0.3) is 0 Å². The minimum Gasteiger partial charge on any atom is -0.507 e. The maximum atomic E-state index is 9.71. The fraction of sp³-hybridized carbons (Fsp3) is 0.200. The Hall–Kier alpha value is -0.710. The molecule has 1 aromatic heterocycles. The lowest BCUT2D eigenvalue weighted by Gasteiger charge is -2.08. The van der Waals surface area contributed by atoms with Gasteiger partial charge >= 0.3 is 0 Å². The van der Waals surface area contributed by atoms with Gasteiger partial charge in [-0.2, -0.15) is 0 Å². The van der Waals surface area contributed by atoms with Crippen LogP contribution in [0.5, 0.6) is 5.75 Å². The summed E-state index contributed by atoms with van der Waals surface area (Å²) in [7, 11) is 0. The SMILES string of the molecule is CSc1c(O)cc2ccsc2c1CO. The summed E-state index contributed by atoms with van der Waals surface area (Å²) in [5.74, 6) is 0.257. The van der Waals surface area contributed by atoms with E-state index in [0.717, 1.165) is 20.5 Å². The van der Waals surface area contributed by atoms with E-state index in [1.54, 1.807) is 17.4 Å². The molecule has 0 aliphatic rings. The molecule has 0 bridgehead atoms. The summed E-state index contributed by atoms with van der Waals surface area (Å²) in [6.45, 7) is -0.0262. The van der Waals surface area contributed by atoms with Gasteiger partial charge in [-0.15, -0.1) is 23.1 Å². The van der Waals surface area contributed by atoms with Crippen molar-refractivity contribution in [1.29, 1.82) is 0 Å². The van der Waals surface area contributed by atoms with Crippen LogP contribution in [-0.2, 0) is 6.61 Å². The van der Waals surface area contributed by atoms with Crippen molar-refractivity contribution in [2.24, 2.45) is 0 Å². The molecule has 0 amide bonds. The molecule has 0 aliphatic heterocycles. The van der Waals surface area contributed by atoms with Crippen molar-refractivity contribution in [1.82, 2.24) is 0 Å². The number of phenols is 1.